The van der Waals surface area contributed by atoms with E-state index in [0.29, 0.717) is 0 Å². The molecule has 5 heteroatoms. The normalized spacial score (nSPS) is 21.4. The number of hydrogen-bond donors (Lipinski definition) is 2. The van der Waals surface area contributed by atoms with Crippen LogP contribution in [0.1, 0.15) is 57.1 Å². The lowest BCUT2D eigenvalue weighted by atomic mass is 10.1. The molecule has 2 saturated heterocycles. The maximum Gasteiger partial charge on any atom is 0.191 e. The molecule has 2 N–H and O–H groups in total. The highest BCUT2D eigenvalue weighted by Crippen LogP contribution is 2.16. The molecule has 0 aliphatic carbocycles. The van der Waals surface area contributed by atoms with Crippen LogP contribution in [0, 0.1) is 5.92 Å². The zero-order chi connectivity index (χ0) is 20.3. The molecule has 1 unspecified atom stereocenters. The van der Waals surface area contributed by atoms with Crippen molar-refractivity contribution >= 4 is 5.96 Å². The Hall–Kier alpha value is -1.59. The van der Waals surface area contributed by atoms with Gasteiger partial charge in [0, 0.05) is 26.2 Å². The largest absolute Gasteiger partial charge is 0.357 e. The molecule has 0 aromatic heterocycles. The molecular formula is C24H41N5. The van der Waals surface area contributed by atoms with Crippen LogP contribution in [0.3, 0.4) is 0 Å². The molecule has 2 fully saturated rings. The Morgan fingerprint density at radius 1 is 0.966 bits per heavy atom. The quantitative estimate of drug-likeness (QED) is 0.493. The predicted molar refractivity (Wildman–Crippen MR) is 123 cm³/mol. The number of piperidine rings is 1. The molecule has 2 heterocycles. The van der Waals surface area contributed by atoms with Gasteiger partial charge in [-0.1, -0.05) is 37.6 Å². The molecule has 3 rings (SSSR count). The van der Waals surface area contributed by atoms with E-state index in [1.165, 1.54) is 76.0 Å². The van der Waals surface area contributed by atoms with E-state index in [0.717, 1.165) is 38.1 Å². The predicted octanol–water partition coefficient (Wildman–Crippen LogP) is 3.46. The van der Waals surface area contributed by atoms with Crippen molar-refractivity contribution in [2.75, 3.05) is 45.8 Å². The van der Waals surface area contributed by atoms with Crippen molar-refractivity contribution in [1.82, 2.24) is 20.4 Å². The third-order valence-corrected chi connectivity index (χ3v) is 6.11. The first-order valence-electron chi connectivity index (χ1n) is 11.8. The molecule has 29 heavy (non-hydrogen) atoms. The summed E-state index contributed by atoms with van der Waals surface area (Å²) in [4.78, 5) is 9.98. The summed E-state index contributed by atoms with van der Waals surface area (Å²) in [6.45, 7) is 14.3. The van der Waals surface area contributed by atoms with Crippen LogP contribution in [0.5, 0.6) is 0 Å². The van der Waals surface area contributed by atoms with Gasteiger partial charge in [-0.05, 0) is 75.8 Å². The van der Waals surface area contributed by atoms with Gasteiger partial charge in [0.1, 0.15) is 0 Å². The number of benzene rings is 1. The Morgan fingerprint density at radius 3 is 2.45 bits per heavy atom. The Morgan fingerprint density at radius 2 is 1.72 bits per heavy atom. The Labute approximate surface area is 178 Å². The van der Waals surface area contributed by atoms with Gasteiger partial charge in [-0.3, -0.25) is 4.90 Å². The van der Waals surface area contributed by atoms with Gasteiger partial charge in [0.2, 0.25) is 0 Å². The second kappa shape index (κ2) is 12.2. The van der Waals surface area contributed by atoms with Crippen molar-refractivity contribution in [1.29, 1.82) is 0 Å². The molecule has 2 aliphatic rings. The zero-order valence-corrected chi connectivity index (χ0v) is 18.6. The second-order valence-electron chi connectivity index (χ2n) is 8.68. The maximum absolute atomic E-state index is 4.82. The van der Waals surface area contributed by atoms with E-state index in [1.807, 2.05) is 0 Å². The van der Waals surface area contributed by atoms with E-state index in [2.05, 4.69) is 58.5 Å². The van der Waals surface area contributed by atoms with E-state index in [4.69, 9.17) is 4.99 Å². The lowest BCUT2D eigenvalue weighted by molar-refractivity contribution is 0.221. The van der Waals surface area contributed by atoms with Crippen molar-refractivity contribution < 1.29 is 0 Å². The fourth-order valence-corrected chi connectivity index (χ4v) is 4.48. The van der Waals surface area contributed by atoms with Crippen LogP contribution in [-0.2, 0) is 13.1 Å². The molecule has 0 saturated carbocycles. The van der Waals surface area contributed by atoms with E-state index in [-0.39, 0.29) is 0 Å². The van der Waals surface area contributed by atoms with Gasteiger partial charge in [-0.25, -0.2) is 4.99 Å². The SMILES string of the molecule is CCCN1CCC(CNC(=NCc2ccc(CN3CCCCC3)cc2)NCC)C1. The smallest absolute Gasteiger partial charge is 0.191 e. The van der Waals surface area contributed by atoms with Gasteiger partial charge in [0.25, 0.3) is 0 Å². The molecule has 0 amide bonds. The molecule has 0 bridgehead atoms. The van der Waals surface area contributed by atoms with Crippen LogP contribution < -0.4 is 10.6 Å². The van der Waals surface area contributed by atoms with Gasteiger partial charge >= 0.3 is 0 Å². The number of nitrogens with zero attached hydrogens (tertiary/aromatic N) is 3. The topological polar surface area (TPSA) is 42.9 Å². The third-order valence-electron chi connectivity index (χ3n) is 6.11. The van der Waals surface area contributed by atoms with Crippen LogP contribution in [0.2, 0.25) is 0 Å². The first kappa shape index (κ1) is 22.1. The number of hydrogen-bond acceptors (Lipinski definition) is 3. The van der Waals surface area contributed by atoms with Crippen molar-refractivity contribution in [3.8, 4) is 0 Å². The average molecular weight is 400 g/mol. The van der Waals surface area contributed by atoms with Crippen LogP contribution in [0.4, 0.5) is 0 Å². The number of nitrogens with one attached hydrogen (secondary N) is 2. The third kappa shape index (κ3) is 7.63. The van der Waals surface area contributed by atoms with Crippen LogP contribution in [0.25, 0.3) is 0 Å². The zero-order valence-electron chi connectivity index (χ0n) is 18.6. The molecule has 0 radical (unpaired) electrons. The second-order valence-corrected chi connectivity index (χ2v) is 8.68. The molecule has 1 aromatic rings. The lowest BCUT2D eigenvalue weighted by Crippen LogP contribution is -2.40. The summed E-state index contributed by atoms with van der Waals surface area (Å²) in [5, 5.41) is 6.96. The lowest BCUT2D eigenvalue weighted by Gasteiger charge is -2.26. The maximum atomic E-state index is 4.82. The number of rotatable bonds is 9. The highest BCUT2D eigenvalue weighted by Gasteiger charge is 2.21. The van der Waals surface area contributed by atoms with Crippen LogP contribution in [-0.4, -0.2) is 61.6 Å². The summed E-state index contributed by atoms with van der Waals surface area (Å²) >= 11 is 0. The van der Waals surface area contributed by atoms with E-state index >= 15 is 0 Å². The summed E-state index contributed by atoms with van der Waals surface area (Å²) < 4.78 is 0. The van der Waals surface area contributed by atoms with Gasteiger partial charge in [-0.15, -0.1) is 0 Å². The monoisotopic (exact) mass is 399 g/mol. The van der Waals surface area contributed by atoms with E-state index in [9.17, 15) is 0 Å². The fourth-order valence-electron chi connectivity index (χ4n) is 4.48. The highest BCUT2D eigenvalue weighted by molar-refractivity contribution is 5.79. The minimum Gasteiger partial charge on any atom is -0.357 e. The average Bonchev–Trinajstić information content (AvgIpc) is 3.20. The van der Waals surface area contributed by atoms with Crippen molar-refractivity contribution in [2.24, 2.45) is 10.9 Å². The Bertz CT molecular complexity index is 606. The molecule has 5 nitrogen and oxygen atoms in total. The van der Waals surface area contributed by atoms with Gasteiger partial charge in [0.15, 0.2) is 5.96 Å². The Kier molecular flexibility index (Phi) is 9.29. The minimum absolute atomic E-state index is 0.728. The highest BCUT2D eigenvalue weighted by atomic mass is 15.2. The molecule has 0 spiro atoms. The molecule has 1 aromatic carbocycles. The van der Waals surface area contributed by atoms with Crippen molar-refractivity contribution in [3.63, 3.8) is 0 Å². The standard InChI is InChI=1S/C24H41N5/c1-3-13-28-16-12-23(20-28)18-27-24(25-4-2)26-17-21-8-10-22(11-9-21)19-29-14-6-5-7-15-29/h8-11,23H,3-7,12-20H2,1-2H3,(H2,25,26,27). The minimum atomic E-state index is 0.728. The summed E-state index contributed by atoms with van der Waals surface area (Å²) in [6, 6.07) is 9.04. The van der Waals surface area contributed by atoms with Crippen molar-refractivity contribution in [3.05, 3.63) is 35.4 Å². The summed E-state index contributed by atoms with van der Waals surface area (Å²) in [6.07, 6.45) is 6.65. The van der Waals surface area contributed by atoms with Crippen LogP contribution in [0.15, 0.2) is 29.3 Å². The summed E-state index contributed by atoms with van der Waals surface area (Å²) in [7, 11) is 0. The molecular weight excluding hydrogens is 358 g/mol. The van der Waals surface area contributed by atoms with Crippen LogP contribution >= 0.6 is 0 Å². The first-order chi connectivity index (χ1) is 14.3. The molecule has 2 aliphatic heterocycles. The van der Waals surface area contributed by atoms with Crippen molar-refractivity contribution in [2.45, 2.75) is 59.0 Å². The number of likely N-dealkylation sites (tertiary alicyclic amines) is 2. The number of aliphatic imine (C=N–C) groups is 1. The fraction of sp³-hybridized carbons (Fsp3) is 0.708. The summed E-state index contributed by atoms with van der Waals surface area (Å²) in [5.74, 6) is 1.68. The van der Waals surface area contributed by atoms with Gasteiger partial charge in [0.05, 0.1) is 6.54 Å². The number of guanidine groups is 1. The molecule has 1 atom stereocenters. The Balaban J connectivity index is 1.45. The van der Waals surface area contributed by atoms with Gasteiger partial charge < -0.3 is 15.5 Å². The summed E-state index contributed by atoms with van der Waals surface area (Å²) in [5.41, 5.74) is 2.70. The first-order valence-corrected chi connectivity index (χ1v) is 11.8. The van der Waals surface area contributed by atoms with E-state index < -0.39 is 0 Å². The van der Waals surface area contributed by atoms with E-state index in [1.54, 1.807) is 0 Å². The molecule has 162 valence electrons. The van der Waals surface area contributed by atoms with Gasteiger partial charge in [-0.2, -0.15) is 0 Å².